The van der Waals surface area contributed by atoms with Crippen LogP contribution in [0.25, 0.3) is 0 Å². The van der Waals surface area contributed by atoms with E-state index in [2.05, 4.69) is 4.98 Å². The number of rotatable bonds is 5. The van der Waals surface area contributed by atoms with Crippen molar-refractivity contribution in [1.82, 2.24) is 9.55 Å². The summed E-state index contributed by atoms with van der Waals surface area (Å²) in [5.41, 5.74) is 0. The third-order valence-electron chi connectivity index (χ3n) is 2.12. The van der Waals surface area contributed by atoms with Gasteiger partial charge in [-0.05, 0) is 6.42 Å². The van der Waals surface area contributed by atoms with Gasteiger partial charge in [-0.15, -0.1) is 0 Å². The van der Waals surface area contributed by atoms with Crippen LogP contribution in [0.5, 0.6) is 0 Å². The lowest BCUT2D eigenvalue weighted by Crippen LogP contribution is -2.20. The van der Waals surface area contributed by atoms with Crippen LogP contribution in [0, 0.1) is 0 Å². The number of hydrogen-bond acceptors (Lipinski definition) is 4. The van der Waals surface area contributed by atoms with E-state index in [0.717, 1.165) is 12.1 Å². The van der Waals surface area contributed by atoms with Gasteiger partial charge in [-0.3, -0.25) is 0 Å². The lowest BCUT2D eigenvalue weighted by molar-refractivity contribution is 0.186. The summed E-state index contributed by atoms with van der Waals surface area (Å²) in [6, 6.07) is 0. The fraction of sp³-hybridized carbons (Fsp3) is 0.667. The van der Waals surface area contributed by atoms with Gasteiger partial charge in [-0.25, -0.2) is 13.4 Å². The summed E-state index contributed by atoms with van der Waals surface area (Å²) >= 11 is 0. The van der Waals surface area contributed by atoms with Gasteiger partial charge in [0.05, 0.1) is 11.9 Å². The predicted molar refractivity (Wildman–Crippen MR) is 57.2 cm³/mol. The van der Waals surface area contributed by atoms with E-state index in [1.54, 1.807) is 6.20 Å². The molecule has 1 aromatic heterocycles. The second-order valence-corrected chi connectivity index (χ2v) is 5.92. The van der Waals surface area contributed by atoms with Crippen molar-refractivity contribution < 1.29 is 13.5 Å². The molecule has 15 heavy (non-hydrogen) atoms. The number of aliphatic hydroxyl groups excluding tert-OH is 1. The Labute approximate surface area is 89.7 Å². The van der Waals surface area contributed by atoms with Gasteiger partial charge in [0, 0.05) is 32.1 Å². The highest BCUT2D eigenvalue weighted by atomic mass is 32.2. The molecular weight excluding hydrogens is 216 g/mol. The Morgan fingerprint density at radius 2 is 2.27 bits per heavy atom. The summed E-state index contributed by atoms with van der Waals surface area (Å²) < 4.78 is 23.6. The zero-order valence-electron chi connectivity index (χ0n) is 8.92. The smallest absolute Gasteiger partial charge is 0.149 e. The maximum atomic E-state index is 10.9. The molecule has 0 aliphatic heterocycles. The summed E-state index contributed by atoms with van der Waals surface area (Å²) in [7, 11) is -1.24. The van der Waals surface area contributed by atoms with Crippen molar-refractivity contribution in [3.63, 3.8) is 0 Å². The third-order valence-corrected chi connectivity index (χ3v) is 3.11. The molecule has 0 aliphatic carbocycles. The maximum Gasteiger partial charge on any atom is 0.149 e. The molecule has 1 aromatic rings. The molecule has 1 atom stereocenters. The number of aliphatic hydroxyl groups is 1. The van der Waals surface area contributed by atoms with Crippen LogP contribution < -0.4 is 0 Å². The highest BCUT2D eigenvalue weighted by Crippen LogP contribution is 2.04. The number of aromatic nitrogens is 2. The molecule has 5 nitrogen and oxygen atoms in total. The third kappa shape index (κ3) is 4.44. The van der Waals surface area contributed by atoms with Crippen LogP contribution in [0.2, 0.25) is 0 Å². The van der Waals surface area contributed by atoms with E-state index in [-0.39, 0.29) is 5.75 Å². The SMILES string of the molecule is Cn1ccnc1CCC(O)CS(C)(=O)=O. The van der Waals surface area contributed by atoms with Crippen LogP contribution in [0.1, 0.15) is 12.2 Å². The Kier molecular flexibility index (Phi) is 3.87. The van der Waals surface area contributed by atoms with E-state index in [4.69, 9.17) is 0 Å². The molecule has 0 aromatic carbocycles. The molecule has 1 rings (SSSR count). The van der Waals surface area contributed by atoms with Crippen molar-refractivity contribution >= 4 is 9.84 Å². The topological polar surface area (TPSA) is 72.2 Å². The molecular formula is C9H16N2O3S. The van der Waals surface area contributed by atoms with Crippen molar-refractivity contribution in [3.8, 4) is 0 Å². The molecule has 0 bridgehead atoms. The first-order valence-corrected chi connectivity index (χ1v) is 6.76. The molecule has 86 valence electrons. The molecule has 0 aliphatic rings. The Morgan fingerprint density at radius 3 is 2.73 bits per heavy atom. The first-order chi connectivity index (χ1) is 6.88. The molecule has 1 N–H and O–H groups in total. The zero-order chi connectivity index (χ0) is 11.5. The first kappa shape index (κ1) is 12.2. The molecule has 0 amide bonds. The van der Waals surface area contributed by atoms with Crippen LogP contribution in [-0.2, 0) is 23.3 Å². The van der Waals surface area contributed by atoms with Crippen LogP contribution in [0.4, 0.5) is 0 Å². The largest absolute Gasteiger partial charge is 0.392 e. The van der Waals surface area contributed by atoms with Gasteiger partial charge in [0.15, 0.2) is 0 Å². The Bertz CT molecular complexity index is 411. The van der Waals surface area contributed by atoms with Crippen molar-refractivity contribution in [1.29, 1.82) is 0 Å². The summed E-state index contributed by atoms with van der Waals surface area (Å²) in [6.07, 6.45) is 4.81. The molecule has 1 unspecified atom stereocenters. The highest BCUT2D eigenvalue weighted by molar-refractivity contribution is 7.90. The average Bonchev–Trinajstić information content (AvgIpc) is 2.44. The number of imidazole rings is 1. The minimum absolute atomic E-state index is 0.183. The van der Waals surface area contributed by atoms with E-state index in [9.17, 15) is 13.5 Å². The van der Waals surface area contributed by atoms with Gasteiger partial charge >= 0.3 is 0 Å². The number of nitrogens with zero attached hydrogens (tertiary/aromatic N) is 2. The minimum Gasteiger partial charge on any atom is -0.392 e. The van der Waals surface area contributed by atoms with Gasteiger partial charge in [0.1, 0.15) is 15.7 Å². The molecule has 0 radical (unpaired) electrons. The molecule has 0 saturated carbocycles. The average molecular weight is 232 g/mol. The molecule has 0 saturated heterocycles. The van der Waals surface area contributed by atoms with Gasteiger partial charge in [-0.2, -0.15) is 0 Å². The number of sulfone groups is 1. The molecule has 0 fully saturated rings. The normalized spacial score (nSPS) is 14.1. The second kappa shape index (κ2) is 4.76. The zero-order valence-corrected chi connectivity index (χ0v) is 9.74. The highest BCUT2D eigenvalue weighted by Gasteiger charge is 2.13. The Hall–Kier alpha value is -0.880. The first-order valence-electron chi connectivity index (χ1n) is 4.70. The van der Waals surface area contributed by atoms with Crippen molar-refractivity contribution in [2.75, 3.05) is 12.0 Å². The van der Waals surface area contributed by atoms with Crippen LogP contribution >= 0.6 is 0 Å². The van der Waals surface area contributed by atoms with Gasteiger partial charge < -0.3 is 9.67 Å². The van der Waals surface area contributed by atoms with Crippen LogP contribution in [0.15, 0.2) is 12.4 Å². The molecule has 0 spiro atoms. The van der Waals surface area contributed by atoms with Gasteiger partial charge in [-0.1, -0.05) is 0 Å². The lowest BCUT2D eigenvalue weighted by atomic mass is 10.2. The van der Waals surface area contributed by atoms with Crippen molar-refractivity contribution in [2.24, 2.45) is 7.05 Å². The van der Waals surface area contributed by atoms with Crippen molar-refractivity contribution in [2.45, 2.75) is 18.9 Å². The van der Waals surface area contributed by atoms with Gasteiger partial charge in [0.2, 0.25) is 0 Å². The summed E-state index contributed by atoms with van der Waals surface area (Å²) in [5, 5.41) is 9.46. The second-order valence-electron chi connectivity index (χ2n) is 3.74. The van der Waals surface area contributed by atoms with E-state index in [1.165, 1.54) is 0 Å². The Morgan fingerprint density at radius 1 is 1.60 bits per heavy atom. The van der Waals surface area contributed by atoms with Crippen molar-refractivity contribution in [3.05, 3.63) is 18.2 Å². The number of hydrogen-bond donors (Lipinski definition) is 1. The maximum absolute atomic E-state index is 10.9. The standard InChI is InChI=1S/C9H16N2O3S/c1-11-6-5-10-9(11)4-3-8(12)7-15(2,13)14/h5-6,8,12H,3-4,7H2,1-2H3. The Balaban J connectivity index is 2.41. The molecule has 1 heterocycles. The predicted octanol–water partition coefficient (Wildman–Crippen LogP) is -0.242. The number of aryl methyl sites for hydroxylation is 2. The van der Waals surface area contributed by atoms with Crippen LogP contribution in [-0.4, -0.2) is 41.2 Å². The monoisotopic (exact) mass is 232 g/mol. The fourth-order valence-corrected chi connectivity index (χ4v) is 2.23. The van der Waals surface area contributed by atoms with Crippen LogP contribution in [0.3, 0.4) is 0 Å². The summed E-state index contributed by atoms with van der Waals surface area (Å²) in [5.74, 6) is 0.666. The van der Waals surface area contributed by atoms with E-state index in [0.29, 0.717) is 12.8 Å². The van der Waals surface area contributed by atoms with E-state index >= 15 is 0 Å². The fourth-order valence-electron chi connectivity index (χ4n) is 1.37. The van der Waals surface area contributed by atoms with E-state index < -0.39 is 15.9 Å². The van der Waals surface area contributed by atoms with E-state index in [1.807, 2.05) is 17.8 Å². The quantitative estimate of drug-likeness (QED) is 0.760. The van der Waals surface area contributed by atoms with Gasteiger partial charge in [0.25, 0.3) is 0 Å². The molecule has 6 heteroatoms. The lowest BCUT2D eigenvalue weighted by Gasteiger charge is -2.08. The summed E-state index contributed by atoms with van der Waals surface area (Å²) in [6.45, 7) is 0. The minimum atomic E-state index is -3.10. The summed E-state index contributed by atoms with van der Waals surface area (Å²) in [4.78, 5) is 4.09.